The quantitative estimate of drug-likeness (QED) is 0.316. The summed E-state index contributed by atoms with van der Waals surface area (Å²) < 4.78 is 40.8. The van der Waals surface area contributed by atoms with E-state index in [-0.39, 0.29) is 29.7 Å². The van der Waals surface area contributed by atoms with Gasteiger partial charge in [0.2, 0.25) is 5.91 Å². The van der Waals surface area contributed by atoms with Crippen LogP contribution in [-0.4, -0.2) is 66.3 Å². The maximum Gasteiger partial charge on any atom is 0.306 e. The molecule has 2 aromatic carbocycles. The number of nitrogens with zero attached hydrogens (tertiary/aromatic N) is 3. The molecular weight excluding hydrogens is 580 g/mol. The summed E-state index contributed by atoms with van der Waals surface area (Å²) in [6.45, 7) is 6.06. The van der Waals surface area contributed by atoms with E-state index < -0.39 is 17.6 Å². The molecule has 0 spiro atoms. The number of aromatic nitrogens is 1. The Labute approximate surface area is 262 Å². The van der Waals surface area contributed by atoms with Crippen LogP contribution < -0.4 is 9.64 Å². The van der Waals surface area contributed by atoms with Crippen molar-refractivity contribution >= 4 is 17.7 Å². The van der Waals surface area contributed by atoms with E-state index in [4.69, 9.17) is 9.47 Å². The molecule has 1 aromatic heterocycles. The van der Waals surface area contributed by atoms with Crippen LogP contribution in [0.25, 0.3) is 11.3 Å². The summed E-state index contributed by atoms with van der Waals surface area (Å²) in [7, 11) is 0. The highest BCUT2D eigenvalue weighted by molar-refractivity contribution is 5.76. The average Bonchev–Trinajstić information content (AvgIpc) is 3.02. The Morgan fingerprint density at radius 2 is 1.76 bits per heavy atom. The standard InChI is InChI=1S/C35H39F2N3O5/c1-22-15-26(24-7-13-40(14-8-24)33(41)16-23-19-44-20-23)5-6-27(22)21-45-34-29(17-28(36)18-30(34)37)31-3-2-4-32(38-31)39-11-9-25(10-12-39)35(42)43/h2-6,15,17-18,23-25H,7-14,16,19-21H2,1H3,(H,42,43). The van der Waals surface area contributed by atoms with Crippen LogP contribution in [-0.2, 0) is 20.9 Å². The summed E-state index contributed by atoms with van der Waals surface area (Å²) in [6, 6.07) is 13.6. The number of carboxylic acid groups (broad SMARTS) is 1. The largest absolute Gasteiger partial charge is 0.485 e. The number of rotatable bonds is 9. The van der Waals surface area contributed by atoms with Crippen molar-refractivity contribution in [3.8, 4) is 17.0 Å². The molecule has 3 aliphatic heterocycles. The van der Waals surface area contributed by atoms with Crippen LogP contribution in [0.5, 0.6) is 5.75 Å². The van der Waals surface area contributed by atoms with Crippen LogP contribution in [0.15, 0.2) is 48.5 Å². The fourth-order valence-corrected chi connectivity index (χ4v) is 6.53. The van der Waals surface area contributed by atoms with E-state index in [2.05, 4.69) is 17.1 Å². The van der Waals surface area contributed by atoms with Crippen molar-refractivity contribution in [2.75, 3.05) is 44.3 Å². The van der Waals surface area contributed by atoms with Gasteiger partial charge in [-0.3, -0.25) is 9.59 Å². The van der Waals surface area contributed by atoms with Crippen molar-refractivity contribution < 1.29 is 33.0 Å². The molecule has 3 saturated heterocycles. The molecule has 4 heterocycles. The zero-order valence-electron chi connectivity index (χ0n) is 25.5. The SMILES string of the molecule is Cc1cc(C2CCN(C(=O)CC3COC3)CC2)ccc1COc1c(F)cc(F)cc1-c1cccc(N2CCC(C(=O)O)CC2)n1. The van der Waals surface area contributed by atoms with Crippen molar-refractivity contribution in [2.45, 2.75) is 51.6 Å². The van der Waals surface area contributed by atoms with Gasteiger partial charge in [0.1, 0.15) is 18.2 Å². The number of likely N-dealkylation sites (tertiary alicyclic amines) is 1. The van der Waals surface area contributed by atoms with Crippen LogP contribution in [0, 0.1) is 30.4 Å². The van der Waals surface area contributed by atoms with E-state index in [1.54, 1.807) is 12.1 Å². The highest BCUT2D eigenvalue weighted by Gasteiger charge is 2.29. The zero-order chi connectivity index (χ0) is 31.5. The van der Waals surface area contributed by atoms with Gasteiger partial charge < -0.3 is 24.4 Å². The number of ether oxygens (including phenoxy) is 2. The summed E-state index contributed by atoms with van der Waals surface area (Å²) in [5.41, 5.74) is 3.73. The monoisotopic (exact) mass is 619 g/mol. The number of benzene rings is 2. The number of pyridine rings is 1. The molecule has 45 heavy (non-hydrogen) atoms. The second-order valence-electron chi connectivity index (χ2n) is 12.5. The molecule has 0 unspecified atom stereocenters. The first-order chi connectivity index (χ1) is 21.7. The van der Waals surface area contributed by atoms with E-state index in [0.29, 0.717) is 68.9 Å². The summed E-state index contributed by atoms with van der Waals surface area (Å²) in [5, 5.41) is 9.32. The van der Waals surface area contributed by atoms with Crippen molar-refractivity contribution in [3.63, 3.8) is 0 Å². The number of carboxylic acids is 1. The Morgan fingerprint density at radius 3 is 2.42 bits per heavy atom. The molecule has 0 radical (unpaired) electrons. The van der Waals surface area contributed by atoms with Crippen LogP contribution in [0.3, 0.4) is 0 Å². The molecule has 3 aliphatic rings. The van der Waals surface area contributed by atoms with Crippen molar-refractivity contribution in [3.05, 3.63) is 76.9 Å². The molecule has 6 rings (SSSR count). The maximum atomic E-state index is 15.2. The molecule has 238 valence electrons. The van der Waals surface area contributed by atoms with Gasteiger partial charge in [0, 0.05) is 50.1 Å². The van der Waals surface area contributed by atoms with E-state index in [1.807, 2.05) is 28.9 Å². The number of carbonyl (C=O) groups is 2. The maximum absolute atomic E-state index is 15.2. The van der Waals surface area contributed by atoms with E-state index in [9.17, 15) is 19.1 Å². The minimum absolute atomic E-state index is 0.0698. The molecule has 3 fully saturated rings. The number of hydrogen-bond donors (Lipinski definition) is 1. The second-order valence-corrected chi connectivity index (χ2v) is 12.5. The number of aryl methyl sites for hydroxylation is 1. The van der Waals surface area contributed by atoms with Gasteiger partial charge in [-0.25, -0.2) is 13.8 Å². The van der Waals surface area contributed by atoms with Crippen LogP contribution >= 0.6 is 0 Å². The Kier molecular flexibility index (Phi) is 9.30. The lowest BCUT2D eigenvalue weighted by Gasteiger charge is -2.34. The second kappa shape index (κ2) is 13.5. The highest BCUT2D eigenvalue weighted by atomic mass is 19.1. The lowest BCUT2D eigenvalue weighted by atomic mass is 9.87. The van der Waals surface area contributed by atoms with Crippen LogP contribution in [0.2, 0.25) is 0 Å². The molecule has 10 heteroatoms. The normalized spacial score (nSPS) is 18.1. The first-order valence-corrected chi connectivity index (χ1v) is 15.8. The zero-order valence-corrected chi connectivity index (χ0v) is 25.5. The predicted octanol–water partition coefficient (Wildman–Crippen LogP) is 5.96. The highest BCUT2D eigenvalue weighted by Crippen LogP contribution is 2.36. The molecule has 8 nitrogen and oxygen atoms in total. The third-order valence-corrected chi connectivity index (χ3v) is 9.42. The van der Waals surface area contributed by atoms with Gasteiger partial charge in [0.25, 0.3) is 0 Å². The third-order valence-electron chi connectivity index (χ3n) is 9.42. The number of piperidine rings is 2. The first-order valence-electron chi connectivity index (χ1n) is 15.8. The molecule has 1 amide bonds. The Morgan fingerprint density at radius 1 is 1.00 bits per heavy atom. The number of anilines is 1. The molecular formula is C35H39F2N3O5. The van der Waals surface area contributed by atoms with Crippen LogP contribution in [0.1, 0.15) is 54.7 Å². The number of carbonyl (C=O) groups excluding carboxylic acids is 1. The van der Waals surface area contributed by atoms with Crippen molar-refractivity contribution in [1.82, 2.24) is 9.88 Å². The summed E-state index contributed by atoms with van der Waals surface area (Å²) in [4.78, 5) is 32.6. The lowest BCUT2D eigenvalue weighted by molar-refractivity contribution is -0.142. The van der Waals surface area contributed by atoms with Gasteiger partial charge in [0.05, 0.1) is 24.8 Å². The molecule has 0 bridgehead atoms. The number of amides is 1. The van der Waals surface area contributed by atoms with Gasteiger partial charge >= 0.3 is 5.97 Å². The van der Waals surface area contributed by atoms with Gasteiger partial charge in [0.15, 0.2) is 11.6 Å². The number of halogens is 2. The summed E-state index contributed by atoms with van der Waals surface area (Å²) >= 11 is 0. The van der Waals surface area contributed by atoms with Gasteiger partial charge in [-0.1, -0.05) is 24.3 Å². The third kappa shape index (κ3) is 7.11. The topological polar surface area (TPSA) is 92.2 Å². The summed E-state index contributed by atoms with van der Waals surface area (Å²) in [5.74, 6) is -1.19. The first kappa shape index (κ1) is 31.0. The Bertz CT molecular complexity index is 1550. The van der Waals surface area contributed by atoms with Crippen molar-refractivity contribution in [2.24, 2.45) is 11.8 Å². The molecule has 0 saturated carbocycles. The van der Waals surface area contributed by atoms with E-state index in [0.717, 1.165) is 43.1 Å². The lowest BCUT2D eigenvalue weighted by Crippen LogP contribution is -2.41. The molecule has 0 aliphatic carbocycles. The van der Waals surface area contributed by atoms with Gasteiger partial charge in [-0.05, 0) is 73.4 Å². The average molecular weight is 620 g/mol. The minimum Gasteiger partial charge on any atom is -0.485 e. The predicted molar refractivity (Wildman–Crippen MR) is 165 cm³/mol. The smallest absolute Gasteiger partial charge is 0.306 e. The van der Waals surface area contributed by atoms with Gasteiger partial charge in [-0.2, -0.15) is 0 Å². The molecule has 0 atom stereocenters. The minimum atomic E-state index is -0.806. The molecule has 3 aromatic rings. The molecule has 1 N–H and O–H groups in total. The van der Waals surface area contributed by atoms with Crippen molar-refractivity contribution in [1.29, 1.82) is 0 Å². The number of hydrogen-bond acceptors (Lipinski definition) is 6. The van der Waals surface area contributed by atoms with Gasteiger partial charge in [-0.15, -0.1) is 0 Å². The fourth-order valence-electron chi connectivity index (χ4n) is 6.53. The number of aliphatic carboxylic acids is 1. The summed E-state index contributed by atoms with van der Waals surface area (Å²) in [6.07, 6.45) is 3.42. The van der Waals surface area contributed by atoms with Crippen LogP contribution in [0.4, 0.5) is 14.6 Å². The Balaban J connectivity index is 1.12. The van der Waals surface area contributed by atoms with E-state index in [1.165, 1.54) is 11.6 Å². The Hall–Kier alpha value is -4.05. The fraction of sp³-hybridized carbons (Fsp3) is 0.457. The van der Waals surface area contributed by atoms with E-state index >= 15 is 4.39 Å².